The average molecular weight is 634 g/mol. The van der Waals surface area contributed by atoms with Crippen LogP contribution in [0, 0.1) is 17.3 Å². The molecule has 0 radical (unpaired) electrons. The second-order valence-electron chi connectivity index (χ2n) is 15.0. The Hall–Kier alpha value is -1.10. The van der Waals surface area contributed by atoms with Crippen molar-refractivity contribution in [2.75, 3.05) is 32.8 Å². The summed E-state index contributed by atoms with van der Waals surface area (Å²) < 4.78 is 11.1. The SMILES string of the molecule is CCCCCCC(CCCCCC)CCOC(=O)CCCCCCCN(CC)CCCCCCCCOC(=O)CC12CC(C1)C2. The minimum absolute atomic E-state index is 0.0152. The smallest absolute Gasteiger partial charge is 0.306 e. The van der Waals surface area contributed by atoms with E-state index in [4.69, 9.17) is 9.47 Å². The van der Waals surface area contributed by atoms with Gasteiger partial charge in [0, 0.05) is 6.42 Å². The van der Waals surface area contributed by atoms with Gasteiger partial charge in [-0.2, -0.15) is 0 Å². The van der Waals surface area contributed by atoms with Gasteiger partial charge in [0.05, 0.1) is 19.6 Å². The van der Waals surface area contributed by atoms with Crippen LogP contribution in [0.4, 0.5) is 0 Å². The van der Waals surface area contributed by atoms with E-state index in [1.807, 2.05) is 0 Å². The highest BCUT2D eigenvalue weighted by Crippen LogP contribution is 2.66. The fourth-order valence-electron chi connectivity index (χ4n) is 7.69. The Bertz CT molecular complexity index is 711. The van der Waals surface area contributed by atoms with Crippen molar-refractivity contribution in [3.8, 4) is 0 Å². The molecule has 3 fully saturated rings. The van der Waals surface area contributed by atoms with Crippen LogP contribution >= 0.6 is 0 Å². The minimum atomic E-state index is 0.0152. The lowest BCUT2D eigenvalue weighted by Crippen LogP contribution is -2.52. The molecule has 5 heteroatoms. The lowest BCUT2D eigenvalue weighted by molar-refractivity contribution is -0.164. The van der Waals surface area contributed by atoms with Gasteiger partial charge in [0.1, 0.15) is 0 Å². The third-order valence-corrected chi connectivity index (χ3v) is 10.8. The highest BCUT2D eigenvalue weighted by Gasteiger charge is 2.57. The van der Waals surface area contributed by atoms with Gasteiger partial charge in [-0.1, -0.05) is 130 Å². The largest absolute Gasteiger partial charge is 0.466 e. The summed E-state index contributed by atoms with van der Waals surface area (Å²) in [5, 5.41) is 0. The molecule has 0 aromatic heterocycles. The fraction of sp³-hybridized carbons (Fsp3) is 0.950. The summed E-state index contributed by atoms with van der Waals surface area (Å²) in [6.07, 6.45) is 32.6. The van der Waals surface area contributed by atoms with Crippen molar-refractivity contribution in [2.45, 2.75) is 194 Å². The summed E-state index contributed by atoms with van der Waals surface area (Å²) >= 11 is 0. The van der Waals surface area contributed by atoms with E-state index in [1.54, 1.807) is 0 Å². The van der Waals surface area contributed by atoms with Gasteiger partial charge >= 0.3 is 11.9 Å². The topological polar surface area (TPSA) is 55.8 Å². The van der Waals surface area contributed by atoms with Gasteiger partial charge < -0.3 is 14.4 Å². The molecule has 2 bridgehead atoms. The van der Waals surface area contributed by atoms with E-state index in [2.05, 4.69) is 25.7 Å². The van der Waals surface area contributed by atoms with Crippen molar-refractivity contribution in [2.24, 2.45) is 17.3 Å². The van der Waals surface area contributed by atoms with Crippen molar-refractivity contribution in [3.05, 3.63) is 0 Å². The molecule has 0 atom stereocenters. The summed E-state index contributed by atoms with van der Waals surface area (Å²) in [5.74, 6) is 1.73. The summed E-state index contributed by atoms with van der Waals surface area (Å²) in [7, 11) is 0. The van der Waals surface area contributed by atoms with E-state index >= 15 is 0 Å². The van der Waals surface area contributed by atoms with Gasteiger partial charge in [-0.3, -0.25) is 9.59 Å². The van der Waals surface area contributed by atoms with Crippen LogP contribution in [0.25, 0.3) is 0 Å². The maximum atomic E-state index is 12.3. The average Bonchev–Trinajstić information content (AvgIpc) is 2.99. The first-order valence-corrected chi connectivity index (χ1v) is 20.0. The maximum Gasteiger partial charge on any atom is 0.306 e. The zero-order chi connectivity index (χ0) is 32.4. The number of hydrogen-bond donors (Lipinski definition) is 0. The summed E-state index contributed by atoms with van der Waals surface area (Å²) in [4.78, 5) is 26.9. The van der Waals surface area contributed by atoms with Crippen LogP contribution in [-0.2, 0) is 19.1 Å². The molecule has 3 aliphatic rings. The van der Waals surface area contributed by atoms with Gasteiger partial charge in [0.25, 0.3) is 0 Å². The number of carbonyl (C=O) groups is 2. The molecule has 0 aromatic rings. The number of ether oxygens (including phenoxy) is 2. The molecule has 3 rings (SSSR count). The molecule has 0 aliphatic heterocycles. The zero-order valence-electron chi connectivity index (χ0n) is 30.4. The van der Waals surface area contributed by atoms with E-state index in [0.717, 1.165) is 44.1 Å². The standard InChI is InChI=1S/C40H75NO4/c1-4-7-9-18-24-36(25-19-10-8-5-2)27-31-45-38(42)26-20-14-13-16-22-29-41(6-3)28-21-15-11-12-17-23-30-44-39(43)35-40-32-37(33-40)34-40/h36-37H,4-35H2,1-3H3. The molecule has 264 valence electrons. The molecule has 0 aromatic carbocycles. The number of unbranched alkanes of at least 4 members (excludes halogenated alkanes) is 15. The second-order valence-corrected chi connectivity index (χ2v) is 15.0. The Labute approximate surface area is 279 Å². The van der Waals surface area contributed by atoms with Crippen LogP contribution < -0.4 is 0 Å². The van der Waals surface area contributed by atoms with Gasteiger partial charge in [-0.15, -0.1) is 0 Å². The normalized spacial score (nSPS) is 18.6. The van der Waals surface area contributed by atoms with E-state index < -0.39 is 0 Å². The molecule has 3 aliphatic carbocycles. The summed E-state index contributed by atoms with van der Waals surface area (Å²) in [6.45, 7) is 11.6. The van der Waals surface area contributed by atoms with Gasteiger partial charge in [0.2, 0.25) is 0 Å². The van der Waals surface area contributed by atoms with Gasteiger partial charge in [-0.05, 0) is 88.3 Å². The van der Waals surface area contributed by atoms with Crippen molar-refractivity contribution in [3.63, 3.8) is 0 Å². The van der Waals surface area contributed by atoms with Crippen LogP contribution in [0.1, 0.15) is 194 Å². The lowest BCUT2D eigenvalue weighted by Gasteiger charge is -2.61. The molecular weight excluding hydrogens is 558 g/mol. The lowest BCUT2D eigenvalue weighted by atomic mass is 9.43. The first-order valence-electron chi connectivity index (χ1n) is 20.0. The highest BCUT2D eigenvalue weighted by molar-refractivity contribution is 5.71. The molecule has 0 unspecified atom stereocenters. The molecule has 45 heavy (non-hydrogen) atoms. The Morgan fingerprint density at radius 2 is 1.11 bits per heavy atom. The Kier molecular flexibility index (Phi) is 23.1. The van der Waals surface area contributed by atoms with Crippen LogP contribution in [0.3, 0.4) is 0 Å². The molecule has 0 spiro atoms. The predicted octanol–water partition coefficient (Wildman–Crippen LogP) is 11.2. The summed E-state index contributed by atoms with van der Waals surface area (Å²) in [5.41, 5.74) is 0.370. The number of esters is 2. The molecule has 0 N–H and O–H groups in total. The van der Waals surface area contributed by atoms with Crippen LogP contribution in [0.15, 0.2) is 0 Å². The van der Waals surface area contributed by atoms with E-state index in [1.165, 1.54) is 148 Å². The monoisotopic (exact) mass is 634 g/mol. The number of nitrogens with zero attached hydrogens (tertiary/aromatic N) is 1. The number of hydrogen-bond acceptors (Lipinski definition) is 5. The van der Waals surface area contributed by atoms with E-state index in [9.17, 15) is 9.59 Å². The molecule has 3 saturated carbocycles. The number of carbonyl (C=O) groups excluding carboxylic acids is 2. The van der Waals surface area contributed by atoms with Crippen molar-refractivity contribution in [1.82, 2.24) is 4.90 Å². The van der Waals surface area contributed by atoms with Crippen LogP contribution in [-0.4, -0.2) is 49.7 Å². The fourth-order valence-corrected chi connectivity index (χ4v) is 7.69. The highest BCUT2D eigenvalue weighted by atomic mass is 16.5. The minimum Gasteiger partial charge on any atom is -0.466 e. The third-order valence-electron chi connectivity index (χ3n) is 10.8. The van der Waals surface area contributed by atoms with Gasteiger partial charge in [-0.25, -0.2) is 0 Å². The Balaban J connectivity index is 1.35. The number of rotatable bonds is 33. The first-order chi connectivity index (χ1) is 22.0. The Morgan fingerprint density at radius 3 is 1.64 bits per heavy atom. The van der Waals surface area contributed by atoms with Crippen LogP contribution in [0.2, 0.25) is 0 Å². The van der Waals surface area contributed by atoms with E-state index in [-0.39, 0.29) is 11.9 Å². The third kappa shape index (κ3) is 19.3. The predicted molar refractivity (Wildman–Crippen MR) is 189 cm³/mol. The Morgan fingerprint density at radius 1 is 0.600 bits per heavy atom. The van der Waals surface area contributed by atoms with Crippen molar-refractivity contribution < 1.29 is 19.1 Å². The van der Waals surface area contributed by atoms with E-state index in [0.29, 0.717) is 31.5 Å². The molecule has 0 heterocycles. The molecule has 0 amide bonds. The van der Waals surface area contributed by atoms with Crippen molar-refractivity contribution >= 4 is 11.9 Å². The molecular formula is C40H75NO4. The summed E-state index contributed by atoms with van der Waals surface area (Å²) in [6, 6.07) is 0. The first kappa shape index (κ1) is 40.1. The van der Waals surface area contributed by atoms with Crippen molar-refractivity contribution in [1.29, 1.82) is 0 Å². The molecule has 5 nitrogen and oxygen atoms in total. The molecule has 0 saturated heterocycles. The van der Waals surface area contributed by atoms with Gasteiger partial charge in [0.15, 0.2) is 0 Å². The van der Waals surface area contributed by atoms with Crippen LogP contribution in [0.5, 0.6) is 0 Å². The second kappa shape index (κ2) is 25.9. The zero-order valence-corrected chi connectivity index (χ0v) is 30.4. The quantitative estimate of drug-likeness (QED) is 0.0531. The maximum absolute atomic E-state index is 12.3.